The number of aliphatic hydroxyl groups is 8. The second-order valence-corrected chi connectivity index (χ2v) is 5.57. The normalized spacial score (nSPS) is 51.7. The van der Waals surface area contributed by atoms with Gasteiger partial charge < -0.3 is 55.1 Å². The molecule has 0 aliphatic carbocycles. The Labute approximate surface area is 130 Å². The van der Waals surface area contributed by atoms with Crippen LogP contribution in [0.1, 0.15) is 0 Å². The van der Waals surface area contributed by atoms with Crippen LogP contribution in [0.15, 0.2) is 0 Å². The average Bonchev–Trinajstić information content (AvgIpc) is 2.54. The number of hydrogen-bond donors (Lipinski definition) is 8. The fourth-order valence-corrected chi connectivity index (χ4v) is 2.46. The van der Waals surface area contributed by atoms with Crippen LogP contribution in [0.25, 0.3) is 0 Å². The molecule has 1 unspecified atom stereocenters. The molecule has 0 saturated carbocycles. The van der Waals surface area contributed by atoms with Crippen molar-refractivity contribution in [3.63, 3.8) is 0 Å². The van der Waals surface area contributed by atoms with Crippen molar-refractivity contribution in [2.24, 2.45) is 0 Å². The summed E-state index contributed by atoms with van der Waals surface area (Å²) in [4.78, 5) is 0. The fourth-order valence-electron chi connectivity index (χ4n) is 2.46. The van der Waals surface area contributed by atoms with Crippen molar-refractivity contribution in [2.75, 3.05) is 13.2 Å². The summed E-state index contributed by atoms with van der Waals surface area (Å²) in [5.74, 6) is 0. The highest BCUT2D eigenvalue weighted by Gasteiger charge is 2.46. The molecule has 0 amide bonds. The molecule has 136 valence electrons. The first-order valence-electron chi connectivity index (χ1n) is 7.07. The summed E-state index contributed by atoms with van der Waals surface area (Å²) < 4.78 is 15.1. The summed E-state index contributed by atoms with van der Waals surface area (Å²) in [5.41, 5.74) is 0. The predicted octanol–water partition coefficient (Wildman–Crippen LogP) is -5.40. The highest BCUT2D eigenvalue weighted by atomic mass is 16.7. The molecule has 2 aliphatic rings. The van der Waals surface area contributed by atoms with Crippen LogP contribution in [0.3, 0.4) is 0 Å². The first-order valence-corrected chi connectivity index (χ1v) is 7.07. The zero-order valence-electron chi connectivity index (χ0n) is 12.0. The maximum atomic E-state index is 9.78. The highest BCUT2D eigenvalue weighted by Crippen LogP contribution is 2.24. The van der Waals surface area contributed by atoms with Gasteiger partial charge in [0, 0.05) is 0 Å². The monoisotopic (exact) mass is 342 g/mol. The smallest absolute Gasteiger partial charge is 0.186 e. The van der Waals surface area contributed by atoms with Crippen LogP contribution in [-0.2, 0) is 14.2 Å². The zero-order chi connectivity index (χ0) is 17.3. The van der Waals surface area contributed by atoms with Crippen LogP contribution >= 0.6 is 0 Å². The van der Waals surface area contributed by atoms with E-state index < -0.39 is 74.6 Å². The molecule has 0 aromatic heterocycles. The number of hydrogen-bond acceptors (Lipinski definition) is 11. The molecule has 0 aromatic rings. The third kappa shape index (κ3) is 3.81. The van der Waals surface area contributed by atoms with E-state index in [4.69, 9.17) is 19.3 Å². The molecule has 8 N–H and O–H groups in total. The van der Waals surface area contributed by atoms with E-state index in [2.05, 4.69) is 0 Å². The van der Waals surface area contributed by atoms with Gasteiger partial charge in [-0.2, -0.15) is 0 Å². The third-order valence-electron chi connectivity index (χ3n) is 3.96. The highest BCUT2D eigenvalue weighted by molar-refractivity contribution is 4.91. The van der Waals surface area contributed by atoms with Crippen molar-refractivity contribution in [3.05, 3.63) is 0 Å². The van der Waals surface area contributed by atoms with Gasteiger partial charge in [-0.3, -0.25) is 0 Å². The number of ether oxygens (including phenoxy) is 3. The summed E-state index contributed by atoms with van der Waals surface area (Å²) >= 11 is 0. The van der Waals surface area contributed by atoms with Gasteiger partial charge in [-0.25, -0.2) is 0 Å². The second kappa shape index (κ2) is 7.63. The minimum atomic E-state index is -1.74. The van der Waals surface area contributed by atoms with Crippen LogP contribution in [0.4, 0.5) is 0 Å². The molecule has 0 aromatic carbocycles. The van der Waals surface area contributed by atoms with Crippen LogP contribution in [0.2, 0.25) is 0 Å². The van der Waals surface area contributed by atoms with Crippen molar-refractivity contribution >= 4 is 0 Å². The largest absolute Gasteiger partial charge is 0.394 e. The quantitative estimate of drug-likeness (QED) is 0.243. The minimum absolute atomic E-state index is 0.468. The molecule has 0 radical (unpaired) electrons. The van der Waals surface area contributed by atoms with E-state index in [0.717, 1.165) is 0 Å². The van der Waals surface area contributed by atoms with E-state index in [1.807, 2.05) is 0 Å². The number of aliphatic hydroxyl groups excluding tert-OH is 8. The second-order valence-electron chi connectivity index (χ2n) is 5.57. The van der Waals surface area contributed by atoms with Crippen molar-refractivity contribution < 1.29 is 55.1 Å². The van der Waals surface area contributed by atoms with Crippen LogP contribution in [0, 0.1) is 0 Å². The first kappa shape index (κ1) is 18.9. The molecule has 11 heteroatoms. The van der Waals surface area contributed by atoms with E-state index in [1.165, 1.54) is 0 Å². The Morgan fingerprint density at radius 1 is 0.652 bits per heavy atom. The van der Waals surface area contributed by atoms with E-state index in [9.17, 15) is 35.7 Å². The zero-order valence-corrected chi connectivity index (χ0v) is 12.0. The topological polar surface area (TPSA) is 190 Å². The Morgan fingerprint density at radius 3 is 1.83 bits per heavy atom. The Hall–Kier alpha value is -0.440. The van der Waals surface area contributed by atoms with Gasteiger partial charge in [-0.1, -0.05) is 0 Å². The van der Waals surface area contributed by atoms with Gasteiger partial charge in [0.15, 0.2) is 12.6 Å². The van der Waals surface area contributed by atoms with E-state index in [-0.39, 0.29) is 0 Å². The average molecular weight is 342 g/mol. The molecule has 2 fully saturated rings. The van der Waals surface area contributed by atoms with Gasteiger partial charge >= 0.3 is 0 Å². The Morgan fingerprint density at radius 2 is 1.22 bits per heavy atom. The molecule has 23 heavy (non-hydrogen) atoms. The molecule has 2 heterocycles. The Balaban J connectivity index is 1.94. The maximum absolute atomic E-state index is 9.78. The summed E-state index contributed by atoms with van der Waals surface area (Å²) in [5, 5.41) is 76.1. The standard InChI is InChI=1S/C12H22O11/c13-1-3-5(14)8(17)10(19)12(23-3)21-2-4-6(15)7(16)9(18)11(20)22-4/h3-20H,1-2H2/t3-,4-,5-,6+,7+,8+,9-,10-,11?,12+/m1/s1. The summed E-state index contributed by atoms with van der Waals surface area (Å²) in [6.45, 7) is -1.10. The van der Waals surface area contributed by atoms with Gasteiger partial charge in [0.1, 0.15) is 48.8 Å². The molecule has 2 aliphatic heterocycles. The molecule has 0 spiro atoms. The minimum Gasteiger partial charge on any atom is -0.394 e. The fraction of sp³-hybridized carbons (Fsp3) is 1.00. The summed E-state index contributed by atoms with van der Waals surface area (Å²) in [6, 6.07) is 0. The van der Waals surface area contributed by atoms with E-state index in [1.54, 1.807) is 0 Å². The lowest BCUT2D eigenvalue weighted by Crippen LogP contribution is -2.61. The first-order chi connectivity index (χ1) is 10.8. The lowest BCUT2D eigenvalue weighted by Gasteiger charge is -2.41. The lowest BCUT2D eigenvalue weighted by molar-refractivity contribution is -0.325. The number of rotatable bonds is 4. The van der Waals surface area contributed by atoms with Gasteiger partial charge in [0.25, 0.3) is 0 Å². The van der Waals surface area contributed by atoms with Crippen molar-refractivity contribution in [1.29, 1.82) is 0 Å². The van der Waals surface area contributed by atoms with Gasteiger partial charge in [0.2, 0.25) is 0 Å². The van der Waals surface area contributed by atoms with Gasteiger partial charge in [-0.05, 0) is 0 Å². The van der Waals surface area contributed by atoms with Crippen LogP contribution in [0.5, 0.6) is 0 Å². The summed E-state index contributed by atoms with van der Waals surface area (Å²) in [6.07, 6.45) is -15.3. The molecule has 10 atom stereocenters. The lowest BCUT2D eigenvalue weighted by atomic mass is 9.98. The van der Waals surface area contributed by atoms with Crippen molar-refractivity contribution in [1.82, 2.24) is 0 Å². The Kier molecular flexibility index (Phi) is 6.27. The molecule has 2 saturated heterocycles. The molecule has 0 bridgehead atoms. The third-order valence-corrected chi connectivity index (χ3v) is 3.96. The molecule has 2 rings (SSSR count). The molecular formula is C12H22O11. The van der Waals surface area contributed by atoms with Gasteiger partial charge in [0.05, 0.1) is 13.2 Å². The van der Waals surface area contributed by atoms with Crippen molar-refractivity contribution in [3.8, 4) is 0 Å². The van der Waals surface area contributed by atoms with Crippen LogP contribution in [-0.4, -0.2) is 115 Å². The molecule has 11 nitrogen and oxygen atoms in total. The summed E-state index contributed by atoms with van der Waals surface area (Å²) in [7, 11) is 0. The predicted molar refractivity (Wildman–Crippen MR) is 68.6 cm³/mol. The molecular weight excluding hydrogens is 320 g/mol. The maximum Gasteiger partial charge on any atom is 0.186 e. The van der Waals surface area contributed by atoms with E-state index in [0.29, 0.717) is 0 Å². The van der Waals surface area contributed by atoms with Crippen molar-refractivity contribution in [2.45, 2.75) is 61.4 Å². The Bertz CT molecular complexity index is 380. The van der Waals surface area contributed by atoms with Gasteiger partial charge in [-0.15, -0.1) is 0 Å². The SMILES string of the molecule is OC[C@H]1O[C@H](OC[C@H]2OC(O)[C@H](O)[C@@H](O)[C@H]2O)[C@H](O)[C@@H](O)[C@@H]1O. The van der Waals surface area contributed by atoms with Crippen LogP contribution < -0.4 is 0 Å². The van der Waals surface area contributed by atoms with E-state index >= 15 is 0 Å².